The minimum Gasteiger partial charge on any atom is -0.444 e. The molecule has 1 saturated carbocycles. The maximum Gasteiger partial charge on any atom is 0.405 e. The molecule has 1 aliphatic carbocycles. The molecule has 0 bridgehead atoms. The highest BCUT2D eigenvalue weighted by molar-refractivity contribution is 5.74. The smallest absolute Gasteiger partial charge is 0.405 e. The second-order valence-corrected chi connectivity index (χ2v) is 7.10. The quantitative estimate of drug-likeness (QED) is 0.834. The summed E-state index contributed by atoms with van der Waals surface area (Å²) in [7, 11) is 0. The Balaban J connectivity index is 0.000000284. The van der Waals surface area contributed by atoms with Crippen molar-refractivity contribution in [3.63, 3.8) is 0 Å². The van der Waals surface area contributed by atoms with Crippen LogP contribution in [-0.4, -0.2) is 18.0 Å². The second-order valence-electron chi connectivity index (χ2n) is 7.10. The fourth-order valence-electron chi connectivity index (χ4n) is 2.76. The highest BCUT2D eigenvalue weighted by Crippen LogP contribution is 2.26. The second kappa shape index (κ2) is 9.33. The minimum absolute atomic E-state index is 0.453. The van der Waals surface area contributed by atoms with Crippen LogP contribution in [0.25, 0.3) is 0 Å². The average molecular weight is 319 g/mol. The van der Waals surface area contributed by atoms with Crippen LogP contribution in [0.3, 0.4) is 0 Å². The summed E-state index contributed by atoms with van der Waals surface area (Å²) < 4.78 is 4.58. The summed E-state index contributed by atoms with van der Waals surface area (Å²) in [6.07, 6.45) is 8.36. The van der Waals surface area contributed by atoms with Crippen LogP contribution in [0.15, 0.2) is 24.3 Å². The van der Waals surface area contributed by atoms with Crippen molar-refractivity contribution < 1.29 is 14.3 Å². The number of rotatable bonds is 3. The molecule has 1 fully saturated rings. The van der Waals surface area contributed by atoms with Crippen molar-refractivity contribution >= 4 is 12.4 Å². The zero-order valence-electron chi connectivity index (χ0n) is 14.5. The van der Waals surface area contributed by atoms with E-state index in [4.69, 9.17) is 5.73 Å². The van der Waals surface area contributed by atoms with E-state index in [0.29, 0.717) is 0 Å². The molecule has 0 radical (unpaired) electrons. The van der Waals surface area contributed by atoms with E-state index in [9.17, 15) is 9.59 Å². The summed E-state index contributed by atoms with van der Waals surface area (Å²) in [5, 5.41) is 0. The number of hydrogen-bond donors (Lipinski definition) is 1. The monoisotopic (exact) mass is 319 g/mol. The van der Waals surface area contributed by atoms with Gasteiger partial charge in [0.1, 0.15) is 11.9 Å². The lowest BCUT2D eigenvalue weighted by Gasteiger charge is -2.21. The molecule has 0 unspecified atom stereocenters. The predicted molar refractivity (Wildman–Crippen MR) is 92.5 cm³/mol. The maximum absolute atomic E-state index is 10.5. The molecule has 1 aromatic rings. The Morgan fingerprint density at radius 1 is 1.17 bits per heavy atom. The van der Waals surface area contributed by atoms with E-state index in [-0.39, 0.29) is 0 Å². The van der Waals surface area contributed by atoms with Gasteiger partial charge in [0.2, 0.25) is 0 Å². The molecular weight excluding hydrogens is 290 g/mol. The molecule has 128 valence electrons. The molecule has 1 aromatic carbocycles. The Morgan fingerprint density at radius 3 is 2.13 bits per heavy atom. The highest BCUT2D eigenvalue weighted by atomic mass is 16.6. The Labute approximate surface area is 139 Å². The lowest BCUT2D eigenvalue weighted by molar-refractivity contribution is 0.0600. The van der Waals surface area contributed by atoms with Gasteiger partial charge in [0.25, 0.3) is 0 Å². The normalized spacial score (nSPS) is 15.3. The van der Waals surface area contributed by atoms with Crippen molar-refractivity contribution in [3.05, 3.63) is 35.4 Å². The predicted octanol–water partition coefficient (Wildman–Crippen LogP) is 4.50. The number of aldehydes is 1. The van der Waals surface area contributed by atoms with Crippen LogP contribution in [-0.2, 0) is 11.2 Å². The van der Waals surface area contributed by atoms with E-state index >= 15 is 0 Å². The summed E-state index contributed by atoms with van der Waals surface area (Å²) in [5.41, 5.74) is 6.43. The van der Waals surface area contributed by atoms with Gasteiger partial charge in [-0.1, -0.05) is 56.4 Å². The van der Waals surface area contributed by atoms with Crippen molar-refractivity contribution in [2.24, 2.45) is 11.7 Å². The van der Waals surface area contributed by atoms with Crippen molar-refractivity contribution in [2.45, 2.75) is 64.9 Å². The number of carbonyl (C=O) groups excluding carboxylic acids is 2. The molecule has 0 saturated heterocycles. The molecule has 0 heterocycles. The first-order valence-electron chi connectivity index (χ1n) is 8.33. The van der Waals surface area contributed by atoms with E-state index < -0.39 is 11.7 Å². The molecular formula is C19H29NO3. The van der Waals surface area contributed by atoms with E-state index in [1.165, 1.54) is 44.1 Å². The molecule has 0 aromatic heterocycles. The zero-order chi connectivity index (χ0) is 17.3. The third kappa shape index (κ3) is 9.01. The number of primary amides is 1. The van der Waals surface area contributed by atoms with Gasteiger partial charge in [-0.05, 0) is 38.7 Å². The van der Waals surface area contributed by atoms with Crippen molar-refractivity contribution in [1.82, 2.24) is 0 Å². The SMILES string of the molecule is CC(C)(C)OC(N)=O.O=Cc1ccc(CC2CCCCC2)cc1. The van der Waals surface area contributed by atoms with Crippen LogP contribution in [0, 0.1) is 5.92 Å². The summed E-state index contributed by atoms with van der Waals surface area (Å²) in [5.74, 6) is 0.876. The summed E-state index contributed by atoms with van der Waals surface area (Å²) in [4.78, 5) is 20.5. The van der Waals surface area contributed by atoms with Crippen LogP contribution in [0.5, 0.6) is 0 Å². The summed E-state index contributed by atoms with van der Waals surface area (Å²) in [6, 6.07) is 8.03. The standard InChI is InChI=1S/C14H18O.C5H11NO2/c15-11-14-8-6-13(7-9-14)10-12-4-2-1-3-5-12;1-5(2,3)8-4(6)7/h6-9,11-12H,1-5,10H2;1-3H3,(H2,6,7). The van der Waals surface area contributed by atoms with Crippen LogP contribution in [0.2, 0.25) is 0 Å². The number of benzene rings is 1. The van der Waals surface area contributed by atoms with Crippen LogP contribution in [0.1, 0.15) is 68.8 Å². The van der Waals surface area contributed by atoms with Crippen molar-refractivity contribution in [2.75, 3.05) is 0 Å². The molecule has 4 nitrogen and oxygen atoms in total. The molecule has 23 heavy (non-hydrogen) atoms. The third-order valence-corrected chi connectivity index (χ3v) is 3.77. The van der Waals surface area contributed by atoms with Crippen LogP contribution < -0.4 is 5.73 Å². The van der Waals surface area contributed by atoms with E-state index in [0.717, 1.165) is 17.8 Å². The molecule has 2 rings (SSSR count). The van der Waals surface area contributed by atoms with Crippen molar-refractivity contribution in [3.8, 4) is 0 Å². The fourth-order valence-corrected chi connectivity index (χ4v) is 2.76. The van der Waals surface area contributed by atoms with Gasteiger partial charge in [-0.2, -0.15) is 0 Å². The molecule has 4 heteroatoms. The minimum atomic E-state index is -0.725. The molecule has 1 amide bonds. The zero-order valence-corrected chi connectivity index (χ0v) is 14.5. The van der Waals surface area contributed by atoms with Gasteiger partial charge in [0.15, 0.2) is 0 Å². The summed E-state index contributed by atoms with van der Waals surface area (Å²) >= 11 is 0. The number of amides is 1. The summed E-state index contributed by atoms with van der Waals surface area (Å²) in [6.45, 7) is 5.28. The number of nitrogens with two attached hydrogens (primary N) is 1. The van der Waals surface area contributed by atoms with Gasteiger partial charge in [-0.3, -0.25) is 4.79 Å². The largest absolute Gasteiger partial charge is 0.444 e. The molecule has 1 aliphatic rings. The lowest BCUT2D eigenvalue weighted by atomic mass is 9.85. The van der Waals surface area contributed by atoms with Gasteiger partial charge in [0.05, 0.1) is 0 Å². The third-order valence-electron chi connectivity index (χ3n) is 3.77. The first-order chi connectivity index (χ1) is 10.8. The molecule has 0 aliphatic heterocycles. The highest BCUT2D eigenvalue weighted by Gasteiger charge is 2.13. The Hall–Kier alpha value is -1.84. The van der Waals surface area contributed by atoms with Gasteiger partial charge < -0.3 is 10.5 Å². The van der Waals surface area contributed by atoms with E-state index in [2.05, 4.69) is 16.9 Å². The molecule has 2 N–H and O–H groups in total. The van der Waals surface area contributed by atoms with Gasteiger partial charge >= 0.3 is 6.09 Å². The van der Waals surface area contributed by atoms with Gasteiger partial charge in [-0.25, -0.2) is 4.79 Å². The first-order valence-corrected chi connectivity index (χ1v) is 8.33. The number of hydrogen-bond acceptors (Lipinski definition) is 3. The Kier molecular flexibility index (Phi) is 7.79. The van der Waals surface area contributed by atoms with Crippen LogP contribution >= 0.6 is 0 Å². The topological polar surface area (TPSA) is 69.4 Å². The Morgan fingerprint density at radius 2 is 1.74 bits per heavy atom. The van der Waals surface area contributed by atoms with Gasteiger partial charge in [-0.15, -0.1) is 0 Å². The van der Waals surface area contributed by atoms with Crippen LogP contribution in [0.4, 0.5) is 4.79 Å². The van der Waals surface area contributed by atoms with Gasteiger partial charge in [0, 0.05) is 5.56 Å². The number of carbonyl (C=O) groups is 2. The van der Waals surface area contributed by atoms with E-state index in [1.54, 1.807) is 20.8 Å². The average Bonchev–Trinajstić information content (AvgIpc) is 2.47. The van der Waals surface area contributed by atoms with Crippen molar-refractivity contribution in [1.29, 1.82) is 0 Å². The van der Waals surface area contributed by atoms with E-state index in [1.807, 2.05) is 12.1 Å². The fraction of sp³-hybridized carbons (Fsp3) is 0.579. The Bertz CT molecular complexity index is 482. The molecule has 0 atom stereocenters. The number of ether oxygens (including phenoxy) is 1. The maximum atomic E-state index is 10.5. The molecule has 0 spiro atoms. The first kappa shape index (κ1) is 19.2. The lowest BCUT2D eigenvalue weighted by Crippen LogP contribution is -2.27.